The molecule has 26 heavy (non-hydrogen) atoms. The molecule has 3 rings (SSSR count). The number of methoxy groups -OCH3 is 1. The van der Waals surface area contributed by atoms with Crippen LogP contribution in [0.2, 0.25) is 0 Å². The van der Waals surface area contributed by atoms with Gasteiger partial charge in [-0.1, -0.05) is 6.07 Å². The fraction of sp³-hybridized carbons (Fsp3) is 0.316. The molecule has 1 aliphatic rings. The fourth-order valence-corrected chi connectivity index (χ4v) is 3.49. The zero-order chi connectivity index (χ0) is 18.8. The lowest BCUT2D eigenvalue weighted by molar-refractivity contribution is -0.117. The summed E-state index contributed by atoms with van der Waals surface area (Å²) >= 11 is 1.25. The average Bonchev–Trinajstić information content (AvgIpc) is 3.40. The minimum Gasteiger partial charge on any atom is -0.465 e. The van der Waals surface area contributed by atoms with Crippen molar-refractivity contribution in [3.8, 4) is 0 Å². The topological polar surface area (TPSA) is 84.5 Å². The Morgan fingerprint density at radius 1 is 1.08 bits per heavy atom. The number of amides is 2. The van der Waals surface area contributed by atoms with E-state index in [9.17, 15) is 14.4 Å². The number of rotatable bonds is 5. The van der Waals surface area contributed by atoms with Gasteiger partial charge >= 0.3 is 5.97 Å². The Labute approximate surface area is 155 Å². The number of hydrogen-bond acceptors (Lipinski definition) is 5. The van der Waals surface area contributed by atoms with Crippen LogP contribution in [0.25, 0.3) is 0 Å². The third-order valence-corrected chi connectivity index (χ3v) is 5.38. The average molecular weight is 372 g/mol. The number of anilines is 2. The number of esters is 1. The minimum absolute atomic E-state index is 0.0137. The van der Waals surface area contributed by atoms with E-state index in [0.29, 0.717) is 21.1 Å². The van der Waals surface area contributed by atoms with E-state index in [2.05, 4.69) is 10.6 Å². The SMILES string of the molecule is COC(=O)c1ccc(C)c(NC(=O)c2sc(NC(=O)C3CC3)cc2C)c1. The number of thiophene rings is 1. The summed E-state index contributed by atoms with van der Waals surface area (Å²) < 4.78 is 4.71. The van der Waals surface area contributed by atoms with Gasteiger partial charge in [-0.2, -0.15) is 0 Å². The summed E-state index contributed by atoms with van der Waals surface area (Å²) in [5.74, 6) is -0.611. The van der Waals surface area contributed by atoms with E-state index >= 15 is 0 Å². The number of nitrogens with one attached hydrogen (secondary N) is 2. The van der Waals surface area contributed by atoms with Crippen molar-refractivity contribution in [2.24, 2.45) is 5.92 Å². The van der Waals surface area contributed by atoms with Crippen molar-refractivity contribution in [1.29, 1.82) is 0 Å². The highest BCUT2D eigenvalue weighted by Crippen LogP contribution is 2.33. The van der Waals surface area contributed by atoms with Crippen molar-refractivity contribution in [1.82, 2.24) is 0 Å². The summed E-state index contributed by atoms with van der Waals surface area (Å²) in [6, 6.07) is 6.80. The number of carbonyl (C=O) groups excluding carboxylic acids is 3. The van der Waals surface area contributed by atoms with E-state index in [-0.39, 0.29) is 17.7 Å². The second-order valence-corrected chi connectivity index (χ2v) is 7.41. The first-order chi connectivity index (χ1) is 12.4. The van der Waals surface area contributed by atoms with Crippen LogP contribution in [-0.2, 0) is 9.53 Å². The van der Waals surface area contributed by atoms with Crippen molar-refractivity contribution in [2.45, 2.75) is 26.7 Å². The number of benzene rings is 1. The van der Waals surface area contributed by atoms with Gasteiger partial charge in [0.05, 0.1) is 22.6 Å². The van der Waals surface area contributed by atoms with Gasteiger partial charge in [0.15, 0.2) is 0 Å². The lowest BCUT2D eigenvalue weighted by Crippen LogP contribution is -2.13. The second-order valence-electron chi connectivity index (χ2n) is 6.36. The second kappa shape index (κ2) is 7.29. The normalized spacial score (nSPS) is 13.2. The maximum atomic E-state index is 12.7. The van der Waals surface area contributed by atoms with Gasteiger partial charge in [0.1, 0.15) is 0 Å². The summed E-state index contributed by atoms with van der Waals surface area (Å²) in [4.78, 5) is 36.7. The first kappa shape index (κ1) is 18.1. The summed E-state index contributed by atoms with van der Waals surface area (Å²) in [6.07, 6.45) is 1.86. The van der Waals surface area contributed by atoms with Gasteiger partial charge in [0, 0.05) is 11.6 Å². The highest BCUT2D eigenvalue weighted by Gasteiger charge is 2.30. The number of ether oxygens (including phenoxy) is 1. The van der Waals surface area contributed by atoms with Crippen LogP contribution in [0.3, 0.4) is 0 Å². The molecule has 0 unspecified atom stereocenters. The molecule has 0 spiro atoms. The van der Waals surface area contributed by atoms with Crippen molar-refractivity contribution in [2.75, 3.05) is 17.7 Å². The molecule has 0 atom stereocenters. The van der Waals surface area contributed by atoms with Crippen LogP contribution in [0.4, 0.5) is 10.7 Å². The maximum absolute atomic E-state index is 12.7. The fourth-order valence-electron chi connectivity index (χ4n) is 2.52. The quantitative estimate of drug-likeness (QED) is 0.783. The van der Waals surface area contributed by atoms with Gasteiger partial charge in [0.2, 0.25) is 5.91 Å². The van der Waals surface area contributed by atoms with Crippen molar-refractivity contribution in [3.63, 3.8) is 0 Å². The Morgan fingerprint density at radius 2 is 1.81 bits per heavy atom. The molecule has 2 aromatic rings. The molecular weight excluding hydrogens is 352 g/mol. The molecule has 6 nitrogen and oxygen atoms in total. The Bertz CT molecular complexity index is 884. The molecule has 0 radical (unpaired) electrons. The first-order valence-corrected chi connectivity index (χ1v) is 9.12. The zero-order valence-corrected chi connectivity index (χ0v) is 15.7. The van der Waals surface area contributed by atoms with Crippen molar-refractivity contribution in [3.05, 3.63) is 45.8 Å². The minimum atomic E-state index is -0.460. The molecule has 1 saturated carbocycles. The molecule has 0 bridgehead atoms. The molecule has 1 aromatic carbocycles. The molecule has 136 valence electrons. The first-order valence-electron chi connectivity index (χ1n) is 8.30. The predicted octanol–water partition coefficient (Wildman–Crippen LogP) is 3.75. The van der Waals surface area contributed by atoms with Crippen LogP contribution in [0.1, 0.15) is 44.0 Å². The molecule has 2 N–H and O–H groups in total. The Hall–Kier alpha value is -2.67. The zero-order valence-electron chi connectivity index (χ0n) is 14.8. The lowest BCUT2D eigenvalue weighted by Gasteiger charge is -2.09. The van der Waals surface area contributed by atoms with E-state index in [4.69, 9.17) is 4.74 Å². The molecule has 1 aliphatic carbocycles. The van der Waals surface area contributed by atoms with Crippen LogP contribution in [-0.4, -0.2) is 24.9 Å². The van der Waals surface area contributed by atoms with E-state index in [1.54, 1.807) is 24.3 Å². The van der Waals surface area contributed by atoms with Crippen LogP contribution >= 0.6 is 11.3 Å². The predicted molar refractivity (Wildman–Crippen MR) is 101 cm³/mol. The Morgan fingerprint density at radius 3 is 2.46 bits per heavy atom. The van der Waals surface area contributed by atoms with Crippen molar-refractivity contribution >= 4 is 39.8 Å². The highest BCUT2D eigenvalue weighted by atomic mass is 32.1. The van der Waals surface area contributed by atoms with Gasteiger partial charge in [-0.05, 0) is 56.0 Å². The lowest BCUT2D eigenvalue weighted by atomic mass is 10.1. The summed E-state index contributed by atoms with van der Waals surface area (Å²) in [5, 5.41) is 6.38. The van der Waals surface area contributed by atoms with Crippen molar-refractivity contribution < 1.29 is 19.1 Å². The monoisotopic (exact) mass is 372 g/mol. The molecule has 1 heterocycles. The van der Waals surface area contributed by atoms with E-state index in [0.717, 1.165) is 24.0 Å². The molecule has 0 aliphatic heterocycles. The van der Waals surface area contributed by atoms with Gasteiger partial charge in [-0.25, -0.2) is 4.79 Å². The highest BCUT2D eigenvalue weighted by molar-refractivity contribution is 7.18. The number of hydrogen-bond donors (Lipinski definition) is 2. The van der Waals surface area contributed by atoms with E-state index in [1.807, 2.05) is 13.8 Å². The van der Waals surface area contributed by atoms with Gasteiger partial charge in [-0.15, -0.1) is 11.3 Å². The third-order valence-electron chi connectivity index (χ3n) is 4.23. The van der Waals surface area contributed by atoms with Crippen LogP contribution in [0, 0.1) is 19.8 Å². The standard InChI is InChI=1S/C19H20N2O4S/c1-10-4-5-13(19(24)25-3)9-14(10)20-18(23)16-11(2)8-15(26-16)21-17(22)12-6-7-12/h4-5,8-9,12H,6-7H2,1-3H3,(H,20,23)(H,21,22). The smallest absolute Gasteiger partial charge is 0.337 e. The van der Waals surface area contributed by atoms with Gasteiger partial charge in [0.25, 0.3) is 5.91 Å². The summed E-state index contributed by atoms with van der Waals surface area (Å²) in [7, 11) is 1.31. The van der Waals surface area contributed by atoms with Crippen LogP contribution in [0.5, 0.6) is 0 Å². The molecule has 2 amide bonds. The molecular formula is C19H20N2O4S. The molecule has 7 heteroatoms. The summed E-state index contributed by atoms with van der Waals surface area (Å²) in [5.41, 5.74) is 2.55. The number of aryl methyl sites for hydroxylation is 2. The molecule has 1 aromatic heterocycles. The maximum Gasteiger partial charge on any atom is 0.337 e. The number of carbonyl (C=O) groups is 3. The molecule has 1 fully saturated rings. The van der Waals surface area contributed by atoms with Gasteiger partial charge < -0.3 is 15.4 Å². The largest absolute Gasteiger partial charge is 0.465 e. The molecule has 0 saturated heterocycles. The van der Waals surface area contributed by atoms with Crippen LogP contribution in [0.15, 0.2) is 24.3 Å². The summed E-state index contributed by atoms with van der Waals surface area (Å²) in [6.45, 7) is 3.68. The van der Waals surface area contributed by atoms with E-state index in [1.165, 1.54) is 18.4 Å². The van der Waals surface area contributed by atoms with Crippen LogP contribution < -0.4 is 10.6 Å². The van der Waals surface area contributed by atoms with Gasteiger partial charge in [-0.3, -0.25) is 9.59 Å². The third kappa shape index (κ3) is 3.94. The Kier molecular flexibility index (Phi) is 5.08. The van der Waals surface area contributed by atoms with E-state index < -0.39 is 5.97 Å². The Balaban J connectivity index is 1.76.